The minimum absolute atomic E-state index is 0.188. The van der Waals surface area contributed by atoms with Crippen LogP contribution in [0, 0.1) is 12.3 Å². The van der Waals surface area contributed by atoms with Crippen LogP contribution >= 0.6 is 11.3 Å². The van der Waals surface area contributed by atoms with Crippen LogP contribution in [0.25, 0.3) is 0 Å². The molecule has 1 aromatic rings. The zero-order valence-electron chi connectivity index (χ0n) is 9.13. The Balaban J connectivity index is 2.41. The molecule has 1 unspecified atom stereocenters. The van der Waals surface area contributed by atoms with Crippen LogP contribution in [-0.4, -0.2) is 4.98 Å². The fraction of sp³-hybridized carbons (Fsp3) is 0.727. The third-order valence-corrected chi connectivity index (χ3v) is 4.43. The molecule has 0 radical (unpaired) electrons. The molecule has 2 N–H and O–H groups in total. The number of nitrogens with zero attached hydrogens (tertiary/aromatic N) is 1. The van der Waals surface area contributed by atoms with Gasteiger partial charge in [0, 0.05) is 5.38 Å². The molecule has 1 heterocycles. The lowest BCUT2D eigenvalue weighted by atomic mass is 9.74. The third-order valence-electron chi connectivity index (χ3n) is 3.66. The van der Waals surface area contributed by atoms with E-state index >= 15 is 0 Å². The maximum atomic E-state index is 6.52. The van der Waals surface area contributed by atoms with Crippen molar-refractivity contribution in [2.24, 2.45) is 11.1 Å². The minimum Gasteiger partial charge on any atom is -0.320 e. The van der Waals surface area contributed by atoms with E-state index < -0.39 is 0 Å². The van der Waals surface area contributed by atoms with Crippen LogP contribution in [0.2, 0.25) is 0 Å². The van der Waals surface area contributed by atoms with Gasteiger partial charge >= 0.3 is 0 Å². The summed E-state index contributed by atoms with van der Waals surface area (Å²) in [6, 6.07) is 0. The Morgan fingerprint density at radius 3 is 2.57 bits per heavy atom. The molecule has 0 bridgehead atoms. The quantitative estimate of drug-likeness (QED) is 0.774. The predicted octanol–water partition coefficient (Wildman–Crippen LogP) is 2.82. The van der Waals surface area contributed by atoms with Gasteiger partial charge in [-0.15, -0.1) is 11.3 Å². The molecule has 3 heteroatoms. The van der Waals surface area contributed by atoms with Crippen LogP contribution in [0.4, 0.5) is 0 Å². The molecule has 1 saturated carbocycles. The average molecular weight is 210 g/mol. The van der Waals surface area contributed by atoms with E-state index in [1.807, 2.05) is 6.92 Å². The van der Waals surface area contributed by atoms with Gasteiger partial charge in [0.2, 0.25) is 0 Å². The van der Waals surface area contributed by atoms with Crippen LogP contribution in [-0.2, 0) is 5.54 Å². The van der Waals surface area contributed by atoms with Crippen molar-refractivity contribution >= 4 is 11.3 Å². The van der Waals surface area contributed by atoms with E-state index in [1.165, 1.54) is 12.8 Å². The van der Waals surface area contributed by atoms with Gasteiger partial charge in [-0.25, -0.2) is 4.98 Å². The highest BCUT2D eigenvalue weighted by Crippen LogP contribution is 2.50. The lowest BCUT2D eigenvalue weighted by Crippen LogP contribution is -2.46. The zero-order valence-corrected chi connectivity index (χ0v) is 9.95. The maximum Gasteiger partial charge on any atom is 0.0898 e. The smallest absolute Gasteiger partial charge is 0.0898 e. The van der Waals surface area contributed by atoms with Gasteiger partial charge < -0.3 is 5.73 Å². The normalized spacial score (nSPS) is 30.9. The van der Waals surface area contributed by atoms with Crippen molar-refractivity contribution in [2.75, 3.05) is 0 Å². The van der Waals surface area contributed by atoms with E-state index in [2.05, 4.69) is 24.2 Å². The number of aryl methyl sites for hydroxylation is 1. The van der Waals surface area contributed by atoms with E-state index in [1.54, 1.807) is 11.3 Å². The highest BCUT2D eigenvalue weighted by molar-refractivity contribution is 7.09. The molecule has 1 aliphatic carbocycles. The van der Waals surface area contributed by atoms with Crippen LogP contribution < -0.4 is 5.73 Å². The molecule has 78 valence electrons. The standard InChI is InChI=1S/C11H18N2S/c1-8-13-9(7-14-8)11(12)6-4-5-10(11,2)3/h7H,4-6,12H2,1-3H3. The van der Waals surface area contributed by atoms with Crippen LogP contribution in [0.5, 0.6) is 0 Å². The molecule has 0 spiro atoms. The fourth-order valence-corrected chi connectivity index (χ4v) is 3.11. The van der Waals surface area contributed by atoms with Crippen molar-refractivity contribution in [3.8, 4) is 0 Å². The summed E-state index contributed by atoms with van der Waals surface area (Å²) in [4.78, 5) is 4.55. The Labute approximate surface area is 89.5 Å². The second-order valence-electron chi connectivity index (χ2n) is 4.96. The number of hydrogen-bond acceptors (Lipinski definition) is 3. The van der Waals surface area contributed by atoms with Crippen molar-refractivity contribution in [1.29, 1.82) is 0 Å². The molecule has 2 rings (SSSR count). The summed E-state index contributed by atoms with van der Waals surface area (Å²) in [5.74, 6) is 0. The molecule has 1 aromatic heterocycles. The van der Waals surface area contributed by atoms with Gasteiger partial charge in [0.15, 0.2) is 0 Å². The van der Waals surface area contributed by atoms with Crippen LogP contribution in [0.1, 0.15) is 43.8 Å². The van der Waals surface area contributed by atoms with Gasteiger partial charge in [-0.05, 0) is 25.2 Å². The van der Waals surface area contributed by atoms with Crippen molar-refractivity contribution in [3.63, 3.8) is 0 Å². The second kappa shape index (κ2) is 3.04. The molecule has 0 amide bonds. The van der Waals surface area contributed by atoms with Gasteiger partial charge in [0.25, 0.3) is 0 Å². The molecule has 0 aliphatic heterocycles. The van der Waals surface area contributed by atoms with Crippen molar-refractivity contribution in [1.82, 2.24) is 4.98 Å². The zero-order chi connectivity index (χ0) is 10.4. The number of hydrogen-bond donors (Lipinski definition) is 1. The van der Waals surface area contributed by atoms with Gasteiger partial charge in [0.05, 0.1) is 16.2 Å². The molecule has 0 saturated heterocycles. The molecule has 1 atom stereocenters. The topological polar surface area (TPSA) is 38.9 Å². The highest BCUT2D eigenvalue weighted by atomic mass is 32.1. The van der Waals surface area contributed by atoms with Gasteiger partial charge in [-0.1, -0.05) is 20.3 Å². The lowest BCUT2D eigenvalue weighted by molar-refractivity contribution is 0.205. The number of aromatic nitrogens is 1. The number of nitrogens with two attached hydrogens (primary N) is 1. The van der Waals surface area contributed by atoms with E-state index in [4.69, 9.17) is 5.73 Å². The number of thiazole rings is 1. The molecular weight excluding hydrogens is 192 g/mol. The molecule has 2 nitrogen and oxygen atoms in total. The summed E-state index contributed by atoms with van der Waals surface area (Å²) in [7, 11) is 0. The van der Waals surface area contributed by atoms with E-state index in [0.717, 1.165) is 17.1 Å². The first-order chi connectivity index (χ1) is 6.46. The Hall–Kier alpha value is -0.410. The summed E-state index contributed by atoms with van der Waals surface area (Å²) in [6.45, 7) is 6.56. The summed E-state index contributed by atoms with van der Waals surface area (Å²) >= 11 is 1.70. The molecular formula is C11H18N2S. The first-order valence-electron chi connectivity index (χ1n) is 5.17. The lowest BCUT2D eigenvalue weighted by Gasteiger charge is -2.36. The van der Waals surface area contributed by atoms with Gasteiger partial charge in [0.1, 0.15) is 0 Å². The van der Waals surface area contributed by atoms with Crippen LogP contribution in [0.15, 0.2) is 5.38 Å². The molecule has 14 heavy (non-hydrogen) atoms. The monoisotopic (exact) mass is 210 g/mol. The Kier molecular flexibility index (Phi) is 2.20. The molecule has 0 aromatic carbocycles. The largest absolute Gasteiger partial charge is 0.320 e. The average Bonchev–Trinajstić information content (AvgIpc) is 2.60. The highest BCUT2D eigenvalue weighted by Gasteiger charge is 2.48. The SMILES string of the molecule is Cc1nc(C2(N)CCCC2(C)C)cs1. The third kappa shape index (κ3) is 1.30. The summed E-state index contributed by atoms with van der Waals surface area (Å²) in [5.41, 5.74) is 7.61. The predicted molar refractivity (Wildman–Crippen MR) is 60.3 cm³/mol. The molecule has 1 aliphatic rings. The van der Waals surface area contributed by atoms with E-state index in [0.29, 0.717) is 0 Å². The van der Waals surface area contributed by atoms with Crippen molar-refractivity contribution < 1.29 is 0 Å². The summed E-state index contributed by atoms with van der Waals surface area (Å²) in [6.07, 6.45) is 3.50. The van der Waals surface area contributed by atoms with Crippen LogP contribution in [0.3, 0.4) is 0 Å². The second-order valence-corrected chi connectivity index (χ2v) is 6.02. The Morgan fingerprint density at radius 2 is 2.14 bits per heavy atom. The van der Waals surface area contributed by atoms with E-state index in [-0.39, 0.29) is 11.0 Å². The maximum absolute atomic E-state index is 6.52. The van der Waals surface area contributed by atoms with Crippen molar-refractivity contribution in [2.45, 2.75) is 45.6 Å². The van der Waals surface area contributed by atoms with E-state index in [9.17, 15) is 0 Å². The fourth-order valence-electron chi connectivity index (χ4n) is 2.41. The minimum atomic E-state index is -0.197. The summed E-state index contributed by atoms with van der Waals surface area (Å²) < 4.78 is 0. The first kappa shape index (κ1) is 10.1. The first-order valence-corrected chi connectivity index (χ1v) is 6.05. The van der Waals surface area contributed by atoms with Gasteiger partial charge in [-0.2, -0.15) is 0 Å². The Morgan fingerprint density at radius 1 is 1.43 bits per heavy atom. The number of rotatable bonds is 1. The molecule has 1 fully saturated rings. The summed E-state index contributed by atoms with van der Waals surface area (Å²) in [5, 5.41) is 3.25. The van der Waals surface area contributed by atoms with Crippen molar-refractivity contribution in [3.05, 3.63) is 16.1 Å². The Bertz CT molecular complexity index is 343. The van der Waals surface area contributed by atoms with Gasteiger partial charge in [-0.3, -0.25) is 0 Å².